The molecule has 4 heteroatoms. The fourth-order valence-electron chi connectivity index (χ4n) is 1.31. The molecule has 1 aromatic carbocycles. The Morgan fingerprint density at radius 3 is 2.69 bits per heavy atom. The summed E-state index contributed by atoms with van der Waals surface area (Å²) in [6, 6.07) is 11.8. The normalized spacial score (nSPS) is 10.4. The van der Waals surface area contributed by atoms with E-state index in [-0.39, 0.29) is 0 Å². The maximum absolute atomic E-state index is 5.78. The molecule has 2 rings (SSSR count). The summed E-state index contributed by atoms with van der Waals surface area (Å²) >= 11 is 7.38. The van der Waals surface area contributed by atoms with Gasteiger partial charge in [-0.3, -0.25) is 0 Å². The second-order valence-corrected chi connectivity index (χ2v) is 4.73. The molecule has 0 saturated carbocycles. The van der Waals surface area contributed by atoms with Crippen LogP contribution in [0.4, 0.5) is 0 Å². The van der Waals surface area contributed by atoms with Crippen LogP contribution in [0.3, 0.4) is 0 Å². The molecule has 0 amide bonds. The fourth-order valence-corrected chi connectivity index (χ4v) is 2.31. The van der Waals surface area contributed by atoms with Gasteiger partial charge < -0.3 is 5.73 Å². The molecule has 2 aromatic rings. The average Bonchev–Trinajstić information content (AvgIpc) is 2.33. The third-order valence-corrected chi connectivity index (χ3v) is 3.40. The average molecular weight is 251 g/mol. The standard InChI is InChI=1S/C12H11ClN2S/c13-10-5-6-12(15-8-10)16-11-4-2-1-3-9(11)7-14/h1-6,8H,7,14H2. The van der Waals surface area contributed by atoms with Crippen molar-refractivity contribution < 1.29 is 0 Å². The summed E-state index contributed by atoms with van der Waals surface area (Å²) < 4.78 is 0. The monoisotopic (exact) mass is 250 g/mol. The molecular weight excluding hydrogens is 240 g/mol. The first-order valence-corrected chi connectivity index (χ1v) is 6.06. The largest absolute Gasteiger partial charge is 0.326 e. The number of rotatable bonds is 3. The SMILES string of the molecule is NCc1ccccc1Sc1ccc(Cl)cn1. The van der Waals surface area contributed by atoms with Crippen LogP contribution in [0.2, 0.25) is 5.02 Å². The van der Waals surface area contributed by atoms with Crippen LogP contribution in [0.15, 0.2) is 52.5 Å². The third-order valence-electron chi connectivity index (χ3n) is 2.11. The van der Waals surface area contributed by atoms with Gasteiger partial charge in [-0.2, -0.15) is 0 Å². The Bertz CT molecular complexity index is 471. The molecule has 0 fully saturated rings. The van der Waals surface area contributed by atoms with Gasteiger partial charge in [-0.1, -0.05) is 41.6 Å². The summed E-state index contributed by atoms with van der Waals surface area (Å²) in [6.45, 7) is 0.538. The maximum atomic E-state index is 5.78. The predicted molar refractivity (Wildman–Crippen MR) is 67.7 cm³/mol. The highest BCUT2D eigenvalue weighted by atomic mass is 35.5. The van der Waals surface area contributed by atoms with E-state index in [1.165, 1.54) is 0 Å². The van der Waals surface area contributed by atoms with Crippen LogP contribution in [0, 0.1) is 0 Å². The van der Waals surface area contributed by atoms with E-state index in [2.05, 4.69) is 4.98 Å². The van der Waals surface area contributed by atoms with Gasteiger partial charge in [-0.05, 0) is 23.8 Å². The molecule has 0 bridgehead atoms. The number of halogens is 1. The molecule has 0 aliphatic heterocycles. The minimum Gasteiger partial charge on any atom is -0.326 e. The second-order valence-electron chi connectivity index (χ2n) is 3.23. The summed E-state index contributed by atoms with van der Waals surface area (Å²) in [5.41, 5.74) is 6.80. The lowest BCUT2D eigenvalue weighted by Gasteiger charge is -2.06. The van der Waals surface area contributed by atoms with Gasteiger partial charge in [0.25, 0.3) is 0 Å². The van der Waals surface area contributed by atoms with Crippen LogP contribution in [0.1, 0.15) is 5.56 Å². The van der Waals surface area contributed by atoms with Crippen LogP contribution in [-0.2, 0) is 6.54 Å². The predicted octanol–water partition coefficient (Wildman–Crippen LogP) is 3.34. The van der Waals surface area contributed by atoms with E-state index in [4.69, 9.17) is 17.3 Å². The van der Waals surface area contributed by atoms with E-state index >= 15 is 0 Å². The van der Waals surface area contributed by atoms with Crippen molar-refractivity contribution in [3.63, 3.8) is 0 Å². The van der Waals surface area contributed by atoms with Gasteiger partial charge in [0.1, 0.15) is 5.03 Å². The number of nitrogens with zero attached hydrogens (tertiary/aromatic N) is 1. The molecule has 0 unspecified atom stereocenters. The van der Waals surface area contributed by atoms with E-state index in [9.17, 15) is 0 Å². The number of hydrogen-bond acceptors (Lipinski definition) is 3. The number of pyridine rings is 1. The first-order chi connectivity index (χ1) is 7.79. The Balaban J connectivity index is 2.23. The number of aromatic nitrogens is 1. The zero-order chi connectivity index (χ0) is 11.4. The van der Waals surface area contributed by atoms with Gasteiger partial charge in [0.05, 0.1) is 5.02 Å². The van der Waals surface area contributed by atoms with Crippen molar-refractivity contribution in [1.29, 1.82) is 0 Å². The molecule has 0 aliphatic rings. The fraction of sp³-hybridized carbons (Fsp3) is 0.0833. The minimum absolute atomic E-state index is 0.538. The Hall–Kier alpha value is -1.03. The molecule has 1 heterocycles. The highest BCUT2D eigenvalue weighted by Gasteiger charge is 2.03. The van der Waals surface area contributed by atoms with Gasteiger partial charge >= 0.3 is 0 Å². The van der Waals surface area contributed by atoms with E-state index in [0.29, 0.717) is 11.6 Å². The molecule has 0 aliphatic carbocycles. The van der Waals surface area contributed by atoms with E-state index in [1.54, 1.807) is 18.0 Å². The smallest absolute Gasteiger partial charge is 0.101 e. The number of nitrogens with two attached hydrogens (primary N) is 1. The lowest BCUT2D eigenvalue weighted by Crippen LogP contribution is -1.97. The van der Waals surface area contributed by atoms with Crippen LogP contribution >= 0.6 is 23.4 Å². The molecule has 82 valence electrons. The van der Waals surface area contributed by atoms with Crippen molar-refractivity contribution in [3.8, 4) is 0 Å². The molecule has 0 atom stereocenters. The quantitative estimate of drug-likeness (QED) is 0.908. The van der Waals surface area contributed by atoms with E-state index < -0.39 is 0 Å². The third kappa shape index (κ3) is 2.76. The van der Waals surface area contributed by atoms with E-state index in [0.717, 1.165) is 15.5 Å². The summed E-state index contributed by atoms with van der Waals surface area (Å²) in [5, 5.41) is 1.57. The molecule has 0 saturated heterocycles. The van der Waals surface area contributed by atoms with Crippen molar-refractivity contribution in [2.45, 2.75) is 16.5 Å². The number of benzene rings is 1. The number of hydrogen-bond donors (Lipinski definition) is 1. The summed E-state index contributed by atoms with van der Waals surface area (Å²) in [6.07, 6.45) is 1.65. The van der Waals surface area contributed by atoms with Crippen molar-refractivity contribution in [3.05, 3.63) is 53.2 Å². The summed E-state index contributed by atoms with van der Waals surface area (Å²) in [7, 11) is 0. The molecule has 0 spiro atoms. The Morgan fingerprint density at radius 2 is 2.00 bits per heavy atom. The highest BCUT2D eigenvalue weighted by Crippen LogP contribution is 2.29. The molecule has 1 aromatic heterocycles. The molecule has 2 N–H and O–H groups in total. The Labute approximate surface area is 104 Å². The summed E-state index contributed by atoms with van der Waals surface area (Å²) in [4.78, 5) is 5.38. The van der Waals surface area contributed by atoms with Gasteiger partial charge in [-0.25, -0.2) is 4.98 Å². The zero-order valence-corrected chi connectivity index (χ0v) is 10.1. The Kier molecular flexibility index (Phi) is 3.83. The van der Waals surface area contributed by atoms with Crippen LogP contribution in [0.5, 0.6) is 0 Å². The van der Waals surface area contributed by atoms with Crippen molar-refractivity contribution >= 4 is 23.4 Å². The van der Waals surface area contributed by atoms with Crippen LogP contribution < -0.4 is 5.73 Å². The van der Waals surface area contributed by atoms with Gasteiger partial charge in [0, 0.05) is 17.6 Å². The Morgan fingerprint density at radius 1 is 1.19 bits per heavy atom. The lowest BCUT2D eigenvalue weighted by molar-refractivity contribution is 1.02. The molecular formula is C12H11ClN2S. The summed E-state index contributed by atoms with van der Waals surface area (Å²) in [5.74, 6) is 0. The molecule has 2 nitrogen and oxygen atoms in total. The van der Waals surface area contributed by atoms with E-state index in [1.807, 2.05) is 36.4 Å². The van der Waals surface area contributed by atoms with Gasteiger partial charge in [0.2, 0.25) is 0 Å². The second kappa shape index (κ2) is 5.34. The van der Waals surface area contributed by atoms with Crippen molar-refractivity contribution in [2.24, 2.45) is 5.73 Å². The molecule has 16 heavy (non-hydrogen) atoms. The van der Waals surface area contributed by atoms with Gasteiger partial charge in [-0.15, -0.1) is 0 Å². The topological polar surface area (TPSA) is 38.9 Å². The zero-order valence-electron chi connectivity index (χ0n) is 8.56. The van der Waals surface area contributed by atoms with Crippen molar-refractivity contribution in [1.82, 2.24) is 4.98 Å². The highest BCUT2D eigenvalue weighted by molar-refractivity contribution is 7.99. The van der Waals surface area contributed by atoms with Crippen LogP contribution in [0.25, 0.3) is 0 Å². The van der Waals surface area contributed by atoms with Gasteiger partial charge in [0.15, 0.2) is 0 Å². The van der Waals surface area contributed by atoms with Crippen molar-refractivity contribution in [2.75, 3.05) is 0 Å². The first-order valence-electron chi connectivity index (χ1n) is 4.87. The maximum Gasteiger partial charge on any atom is 0.101 e. The van der Waals surface area contributed by atoms with Crippen LogP contribution in [-0.4, -0.2) is 4.98 Å². The minimum atomic E-state index is 0.538. The first kappa shape index (κ1) is 11.5. The molecule has 0 radical (unpaired) electrons. The lowest BCUT2D eigenvalue weighted by atomic mass is 10.2.